The molecule has 0 aliphatic carbocycles. The van der Waals surface area contributed by atoms with Crippen molar-refractivity contribution in [3.63, 3.8) is 0 Å². The summed E-state index contributed by atoms with van der Waals surface area (Å²) in [6.45, 7) is 7.78. The van der Waals surface area contributed by atoms with Crippen LogP contribution in [0.3, 0.4) is 0 Å². The number of aromatic nitrogens is 2. The molecule has 3 aromatic carbocycles. The van der Waals surface area contributed by atoms with Crippen LogP contribution in [0, 0.1) is 6.92 Å². The largest absolute Gasteiger partial charge is 0.361 e. The van der Waals surface area contributed by atoms with Crippen molar-refractivity contribution in [1.29, 1.82) is 0 Å². The highest BCUT2D eigenvalue weighted by Crippen LogP contribution is 2.35. The van der Waals surface area contributed by atoms with Gasteiger partial charge in [0.05, 0.1) is 6.04 Å². The Bertz CT molecular complexity index is 1780. The molecule has 0 radical (unpaired) electrons. The van der Waals surface area contributed by atoms with E-state index in [9.17, 15) is 9.59 Å². The number of piperidine rings is 1. The van der Waals surface area contributed by atoms with E-state index in [1.54, 1.807) is 13.8 Å². The number of H-pyrrole nitrogens is 2. The third kappa shape index (κ3) is 6.26. The average molecular weight is 610 g/mol. The maximum Gasteiger partial charge on any atom is 0.234 e. The van der Waals surface area contributed by atoms with E-state index in [2.05, 4.69) is 52.4 Å². The van der Waals surface area contributed by atoms with Crippen molar-refractivity contribution in [2.45, 2.75) is 58.5 Å². The molecular formula is C36H40ClN5O2. The zero-order chi connectivity index (χ0) is 30.8. The summed E-state index contributed by atoms with van der Waals surface area (Å²) in [5.41, 5.74) is 6.85. The first-order chi connectivity index (χ1) is 21.3. The van der Waals surface area contributed by atoms with E-state index in [4.69, 9.17) is 11.6 Å². The van der Waals surface area contributed by atoms with Gasteiger partial charge in [-0.2, -0.15) is 0 Å². The second-order valence-corrected chi connectivity index (χ2v) is 12.5. The number of fused-ring (bicyclic) bond motifs is 2. The highest BCUT2D eigenvalue weighted by molar-refractivity contribution is 6.31. The summed E-state index contributed by atoms with van der Waals surface area (Å²) >= 11 is 6.34. The summed E-state index contributed by atoms with van der Waals surface area (Å²) in [5.74, 6) is 0.359. The second kappa shape index (κ2) is 12.9. The van der Waals surface area contributed by atoms with Gasteiger partial charge in [0.15, 0.2) is 0 Å². The third-order valence-electron chi connectivity index (χ3n) is 9.19. The molecule has 5 aromatic rings. The van der Waals surface area contributed by atoms with Gasteiger partial charge in [-0.25, -0.2) is 5.01 Å². The van der Waals surface area contributed by atoms with Crippen molar-refractivity contribution in [1.82, 2.24) is 24.9 Å². The molecule has 1 aliphatic heterocycles. The van der Waals surface area contributed by atoms with Crippen LogP contribution in [0.5, 0.6) is 0 Å². The lowest BCUT2D eigenvalue weighted by molar-refractivity contribution is -0.158. The second-order valence-electron chi connectivity index (χ2n) is 12.1. The number of amides is 2. The van der Waals surface area contributed by atoms with Gasteiger partial charge >= 0.3 is 0 Å². The van der Waals surface area contributed by atoms with Crippen LogP contribution in [0.4, 0.5) is 0 Å². The van der Waals surface area contributed by atoms with Gasteiger partial charge in [0, 0.05) is 79.2 Å². The smallest absolute Gasteiger partial charge is 0.234 e. The van der Waals surface area contributed by atoms with Gasteiger partial charge < -0.3 is 14.9 Å². The molecule has 0 unspecified atom stereocenters. The van der Waals surface area contributed by atoms with E-state index in [0.29, 0.717) is 25.4 Å². The van der Waals surface area contributed by atoms with Gasteiger partial charge in [-0.1, -0.05) is 54.1 Å². The lowest BCUT2D eigenvalue weighted by Gasteiger charge is -2.44. The molecule has 2 N–H and O–H groups in total. The van der Waals surface area contributed by atoms with Crippen LogP contribution < -0.4 is 0 Å². The molecule has 1 fully saturated rings. The zero-order valence-electron chi connectivity index (χ0n) is 25.6. The standard InChI is InChI=1S/C36H40ClN5O2/c1-24-8-4-5-9-28(24)22-40(25(2)43)23-31(18-29-20-38-35-11-7-6-10-32(29)35)42(26(3)44)41-16-14-27(15-17-41)34-21-39-36-13-12-30(37)19-33(34)36/h4-13,19-21,27,31,38-39H,14-18,22-23H2,1-3H3/t31-/m1/s1. The number of hydrazine groups is 1. The number of carbonyl (C=O) groups excluding carboxylic acids is 2. The van der Waals surface area contributed by atoms with Crippen molar-refractivity contribution in [3.8, 4) is 0 Å². The summed E-state index contributed by atoms with van der Waals surface area (Å²) in [4.78, 5) is 35.3. The molecule has 2 aromatic heterocycles. The molecule has 1 aliphatic rings. The fraction of sp³-hybridized carbons (Fsp3) is 0.333. The van der Waals surface area contributed by atoms with Crippen LogP contribution in [-0.2, 0) is 22.6 Å². The van der Waals surface area contributed by atoms with Crippen LogP contribution in [0.1, 0.15) is 54.9 Å². The molecule has 1 atom stereocenters. The van der Waals surface area contributed by atoms with E-state index >= 15 is 0 Å². The van der Waals surface area contributed by atoms with Gasteiger partial charge in [-0.05, 0) is 78.6 Å². The van der Waals surface area contributed by atoms with E-state index < -0.39 is 0 Å². The molecule has 7 nitrogen and oxygen atoms in total. The Morgan fingerprint density at radius 2 is 1.59 bits per heavy atom. The van der Waals surface area contributed by atoms with Gasteiger partial charge in [-0.15, -0.1) is 0 Å². The SMILES string of the molecule is CC(=O)N(Cc1ccccc1C)C[C@@H](Cc1c[nH]c2ccccc12)N(C(C)=O)N1CCC(c2c[nH]c3ccc(Cl)cc23)CC1. The van der Waals surface area contributed by atoms with Crippen molar-refractivity contribution in [3.05, 3.63) is 106 Å². The lowest BCUT2D eigenvalue weighted by atomic mass is 9.89. The number of nitrogens with one attached hydrogen (secondary N) is 2. The maximum absolute atomic E-state index is 13.5. The number of hydrogen-bond acceptors (Lipinski definition) is 3. The Morgan fingerprint density at radius 3 is 2.34 bits per heavy atom. The van der Waals surface area contributed by atoms with Gasteiger partial charge in [0.25, 0.3) is 0 Å². The number of benzene rings is 3. The molecule has 2 amide bonds. The van der Waals surface area contributed by atoms with Crippen molar-refractivity contribution < 1.29 is 9.59 Å². The quantitative estimate of drug-likeness (QED) is 0.185. The van der Waals surface area contributed by atoms with E-state index in [0.717, 1.165) is 64.1 Å². The Balaban J connectivity index is 1.28. The number of halogens is 1. The molecule has 0 spiro atoms. The van der Waals surface area contributed by atoms with Gasteiger partial charge in [-0.3, -0.25) is 14.6 Å². The minimum atomic E-state index is -0.233. The van der Waals surface area contributed by atoms with Crippen LogP contribution in [0.25, 0.3) is 21.8 Å². The first kappa shape index (κ1) is 30.0. The Morgan fingerprint density at radius 1 is 0.886 bits per heavy atom. The Labute approximate surface area is 263 Å². The maximum atomic E-state index is 13.5. The molecule has 228 valence electrons. The van der Waals surface area contributed by atoms with E-state index in [-0.39, 0.29) is 17.9 Å². The van der Waals surface area contributed by atoms with Gasteiger partial charge in [0.2, 0.25) is 11.8 Å². The predicted octanol–water partition coefficient (Wildman–Crippen LogP) is 7.21. The highest BCUT2D eigenvalue weighted by Gasteiger charge is 2.34. The number of rotatable bonds is 9. The predicted molar refractivity (Wildman–Crippen MR) is 177 cm³/mol. The first-order valence-electron chi connectivity index (χ1n) is 15.4. The monoisotopic (exact) mass is 609 g/mol. The van der Waals surface area contributed by atoms with E-state index in [1.165, 1.54) is 10.9 Å². The summed E-state index contributed by atoms with van der Waals surface area (Å²) in [6, 6.07) is 22.2. The third-order valence-corrected chi connectivity index (χ3v) is 9.42. The number of hydrogen-bond donors (Lipinski definition) is 2. The fourth-order valence-corrected chi connectivity index (χ4v) is 7.04. The van der Waals surface area contributed by atoms with Crippen molar-refractivity contribution >= 4 is 45.2 Å². The number of para-hydroxylation sites is 1. The zero-order valence-corrected chi connectivity index (χ0v) is 26.4. The molecule has 44 heavy (non-hydrogen) atoms. The first-order valence-corrected chi connectivity index (χ1v) is 15.8. The van der Waals surface area contributed by atoms with Crippen LogP contribution >= 0.6 is 11.6 Å². The summed E-state index contributed by atoms with van der Waals surface area (Å²) in [6.07, 6.45) is 6.62. The lowest BCUT2D eigenvalue weighted by Crippen LogP contribution is -2.57. The summed E-state index contributed by atoms with van der Waals surface area (Å²) in [7, 11) is 0. The number of carbonyl (C=O) groups is 2. The number of nitrogens with zero attached hydrogens (tertiary/aromatic N) is 3. The summed E-state index contributed by atoms with van der Waals surface area (Å²) in [5, 5.41) is 7.21. The van der Waals surface area contributed by atoms with Crippen LogP contribution in [-0.4, -0.2) is 62.4 Å². The van der Waals surface area contributed by atoms with Gasteiger partial charge in [0.1, 0.15) is 0 Å². The Kier molecular flexibility index (Phi) is 8.78. The highest BCUT2D eigenvalue weighted by atomic mass is 35.5. The van der Waals surface area contributed by atoms with Crippen LogP contribution in [0.15, 0.2) is 79.1 Å². The molecule has 1 saturated heterocycles. The molecule has 0 bridgehead atoms. The summed E-state index contributed by atoms with van der Waals surface area (Å²) < 4.78 is 0. The average Bonchev–Trinajstić information content (AvgIpc) is 3.62. The Hall–Kier alpha value is -4.07. The van der Waals surface area contributed by atoms with Crippen molar-refractivity contribution in [2.24, 2.45) is 0 Å². The van der Waals surface area contributed by atoms with E-state index in [1.807, 2.05) is 58.6 Å². The molecule has 0 saturated carbocycles. The normalized spacial score (nSPS) is 15.1. The number of aromatic amines is 2. The minimum Gasteiger partial charge on any atom is -0.361 e. The fourth-order valence-electron chi connectivity index (χ4n) is 6.87. The number of aryl methyl sites for hydroxylation is 1. The molecule has 6 rings (SSSR count). The topological polar surface area (TPSA) is 75.4 Å². The minimum absolute atomic E-state index is 0.00242. The molecular weight excluding hydrogens is 570 g/mol. The molecule has 3 heterocycles. The molecule has 8 heteroatoms. The van der Waals surface area contributed by atoms with Crippen LogP contribution in [0.2, 0.25) is 5.02 Å². The van der Waals surface area contributed by atoms with Crippen molar-refractivity contribution in [2.75, 3.05) is 19.6 Å².